The van der Waals surface area contributed by atoms with Crippen LogP contribution < -0.4 is 0 Å². The van der Waals surface area contributed by atoms with E-state index in [2.05, 4.69) is 0 Å². The molecular formula is C11H10O4. The van der Waals surface area contributed by atoms with Gasteiger partial charge in [0.1, 0.15) is 0 Å². The monoisotopic (exact) mass is 206 g/mol. The van der Waals surface area contributed by atoms with E-state index in [4.69, 9.17) is 10.2 Å². The first kappa shape index (κ1) is 9.71. The van der Waals surface area contributed by atoms with Crippen LogP contribution in [0.5, 0.6) is 0 Å². The molecule has 1 aromatic carbocycles. The summed E-state index contributed by atoms with van der Waals surface area (Å²) in [6, 6.07) is 6.85. The molecule has 1 aliphatic carbocycles. The summed E-state index contributed by atoms with van der Waals surface area (Å²) >= 11 is 0. The molecule has 0 saturated heterocycles. The molecule has 0 unspecified atom stereocenters. The number of hydrogen-bond acceptors (Lipinski definition) is 2. The standard InChI is InChI=1S/C11H10O4/c12-10(13)8-5-9(11(14)15)7-4-2-1-3-6(7)8/h1-4,8-9H,5H2,(H,12,13)(H,14,15)/t8-,9+. The Bertz CT molecular complexity index is 385. The zero-order valence-electron chi connectivity index (χ0n) is 7.88. The lowest BCUT2D eigenvalue weighted by molar-refractivity contribution is -0.140. The van der Waals surface area contributed by atoms with Gasteiger partial charge in [0.15, 0.2) is 0 Å². The minimum Gasteiger partial charge on any atom is -0.481 e. The third kappa shape index (κ3) is 1.48. The van der Waals surface area contributed by atoms with Crippen molar-refractivity contribution in [3.63, 3.8) is 0 Å². The lowest BCUT2D eigenvalue weighted by Crippen LogP contribution is -2.11. The van der Waals surface area contributed by atoms with Crippen LogP contribution in [0.2, 0.25) is 0 Å². The second kappa shape index (κ2) is 3.38. The Morgan fingerprint density at radius 3 is 1.73 bits per heavy atom. The fourth-order valence-corrected chi connectivity index (χ4v) is 2.10. The average molecular weight is 206 g/mol. The highest BCUT2D eigenvalue weighted by atomic mass is 16.4. The number of hydrogen-bond donors (Lipinski definition) is 2. The van der Waals surface area contributed by atoms with E-state index in [0.29, 0.717) is 11.1 Å². The van der Waals surface area contributed by atoms with Crippen molar-refractivity contribution in [2.24, 2.45) is 0 Å². The van der Waals surface area contributed by atoms with Crippen molar-refractivity contribution in [1.82, 2.24) is 0 Å². The summed E-state index contributed by atoms with van der Waals surface area (Å²) in [6.45, 7) is 0. The molecule has 15 heavy (non-hydrogen) atoms. The molecule has 0 aromatic heterocycles. The largest absolute Gasteiger partial charge is 0.481 e. The SMILES string of the molecule is O=C(O)[C@H]1C[C@@H](C(=O)O)c2ccccc21. The van der Waals surface area contributed by atoms with Gasteiger partial charge in [-0.05, 0) is 17.5 Å². The molecule has 4 heteroatoms. The van der Waals surface area contributed by atoms with Gasteiger partial charge < -0.3 is 10.2 Å². The van der Waals surface area contributed by atoms with Gasteiger partial charge in [0, 0.05) is 0 Å². The predicted molar refractivity (Wildman–Crippen MR) is 51.8 cm³/mol. The molecule has 1 aromatic rings. The Morgan fingerprint density at radius 2 is 1.40 bits per heavy atom. The molecule has 0 radical (unpaired) electrons. The molecule has 0 aliphatic heterocycles. The van der Waals surface area contributed by atoms with Gasteiger partial charge in [0.05, 0.1) is 11.8 Å². The first-order valence-corrected chi connectivity index (χ1v) is 4.65. The van der Waals surface area contributed by atoms with Crippen molar-refractivity contribution in [3.8, 4) is 0 Å². The Morgan fingerprint density at radius 1 is 1.00 bits per heavy atom. The van der Waals surface area contributed by atoms with Crippen LogP contribution in [0.15, 0.2) is 24.3 Å². The summed E-state index contributed by atoms with van der Waals surface area (Å²) in [4.78, 5) is 21.9. The molecule has 78 valence electrons. The van der Waals surface area contributed by atoms with Crippen LogP contribution in [-0.2, 0) is 9.59 Å². The van der Waals surface area contributed by atoms with Crippen LogP contribution in [0.1, 0.15) is 29.4 Å². The summed E-state index contributed by atoms with van der Waals surface area (Å²) in [7, 11) is 0. The molecule has 2 rings (SSSR count). The van der Waals surface area contributed by atoms with Gasteiger partial charge in [-0.3, -0.25) is 9.59 Å². The van der Waals surface area contributed by atoms with Gasteiger partial charge >= 0.3 is 11.9 Å². The lowest BCUT2D eigenvalue weighted by atomic mass is 10.0. The summed E-state index contributed by atoms with van der Waals surface area (Å²) in [5.41, 5.74) is 1.27. The zero-order valence-corrected chi connectivity index (χ0v) is 7.88. The third-order valence-electron chi connectivity index (χ3n) is 2.81. The predicted octanol–water partition coefficient (Wildman–Crippen LogP) is 1.43. The van der Waals surface area contributed by atoms with E-state index >= 15 is 0 Å². The van der Waals surface area contributed by atoms with Crippen molar-refractivity contribution in [3.05, 3.63) is 35.4 Å². The Kier molecular flexibility index (Phi) is 2.19. The molecule has 1 aliphatic rings. The molecule has 0 bridgehead atoms. The minimum absolute atomic E-state index is 0.157. The van der Waals surface area contributed by atoms with Crippen molar-refractivity contribution in [2.45, 2.75) is 18.3 Å². The Hall–Kier alpha value is -1.84. The highest BCUT2D eigenvalue weighted by molar-refractivity contribution is 5.85. The smallest absolute Gasteiger partial charge is 0.311 e. The minimum atomic E-state index is -0.953. The number of aliphatic carboxylic acids is 2. The van der Waals surface area contributed by atoms with Gasteiger partial charge in [-0.15, -0.1) is 0 Å². The van der Waals surface area contributed by atoms with Crippen LogP contribution in [0, 0.1) is 0 Å². The Labute approximate surface area is 86.2 Å². The molecule has 2 atom stereocenters. The Balaban J connectivity index is 2.48. The first-order valence-electron chi connectivity index (χ1n) is 4.65. The number of carboxylic acid groups (broad SMARTS) is 2. The maximum atomic E-state index is 10.9. The third-order valence-corrected chi connectivity index (χ3v) is 2.81. The normalized spacial score (nSPS) is 23.5. The summed E-state index contributed by atoms with van der Waals surface area (Å²) in [5.74, 6) is -3.26. The maximum absolute atomic E-state index is 10.9. The summed E-state index contributed by atoms with van der Waals surface area (Å²) in [5, 5.41) is 17.9. The van der Waals surface area contributed by atoms with E-state index in [0.717, 1.165) is 0 Å². The fourth-order valence-electron chi connectivity index (χ4n) is 2.10. The van der Waals surface area contributed by atoms with Gasteiger partial charge in [0.25, 0.3) is 0 Å². The van der Waals surface area contributed by atoms with Crippen LogP contribution in [-0.4, -0.2) is 22.2 Å². The maximum Gasteiger partial charge on any atom is 0.311 e. The van der Waals surface area contributed by atoms with Gasteiger partial charge in [0.2, 0.25) is 0 Å². The zero-order chi connectivity index (χ0) is 11.0. The van der Waals surface area contributed by atoms with Gasteiger partial charge in [-0.25, -0.2) is 0 Å². The number of carboxylic acids is 2. The van der Waals surface area contributed by atoms with E-state index in [1.54, 1.807) is 24.3 Å². The van der Waals surface area contributed by atoms with E-state index in [-0.39, 0.29) is 6.42 Å². The highest BCUT2D eigenvalue weighted by Gasteiger charge is 2.38. The number of fused-ring (bicyclic) bond motifs is 1. The molecule has 0 amide bonds. The number of carbonyl (C=O) groups is 2. The molecule has 0 fully saturated rings. The van der Waals surface area contributed by atoms with Gasteiger partial charge in [-0.1, -0.05) is 24.3 Å². The molecule has 0 saturated carbocycles. The number of benzene rings is 1. The van der Waals surface area contributed by atoms with Crippen LogP contribution in [0.25, 0.3) is 0 Å². The van der Waals surface area contributed by atoms with Crippen molar-refractivity contribution >= 4 is 11.9 Å². The van der Waals surface area contributed by atoms with Crippen LogP contribution in [0.4, 0.5) is 0 Å². The second-order valence-corrected chi connectivity index (χ2v) is 3.65. The highest BCUT2D eigenvalue weighted by Crippen LogP contribution is 2.41. The van der Waals surface area contributed by atoms with E-state index in [1.165, 1.54) is 0 Å². The van der Waals surface area contributed by atoms with Crippen molar-refractivity contribution in [2.75, 3.05) is 0 Å². The molecular weight excluding hydrogens is 196 g/mol. The lowest BCUT2D eigenvalue weighted by Gasteiger charge is -2.03. The fraction of sp³-hybridized carbons (Fsp3) is 0.273. The summed E-state index contributed by atoms with van der Waals surface area (Å²) in [6.07, 6.45) is 0.157. The van der Waals surface area contributed by atoms with Crippen LogP contribution in [0.3, 0.4) is 0 Å². The van der Waals surface area contributed by atoms with Crippen molar-refractivity contribution < 1.29 is 19.8 Å². The van der Waals surface area contributed by atoms with E-state index < -0.39 is 23.8 Å². The van der Waals surface area contributed by atoms with Gasteiger partial charge in [-0.2, -0.15) is 0 Å². The topological polar surface area (TPSA) is 74.6 Å². The van der Waals surface area contributed by atoms with E-state index in [1.807, 2.05) is 0 Å². The first-order chi connectivity index (χ1) is 7.11. The van der Waals surface area contributed by atoms with Crippen molar-refractivity contribution in [1.29, 1.82) is 0 Å². The molecule has 0 heterocycles. The molecule has 2 N–H and O–H groups in total. The molecule has 4 nitrogen and oxygen atoms in total. The number of rotatable bonds is 2. The molecule has 0 spiro atoms. The average Bonchev–Trinajstić information content (AvgIpc) is 2.56. The quantitative estimate of drug-likeness (QED) is 0.767. The summed E-state index contributed by atoms with van der Waals surface area (Å²) < 4.78 is 0. The van der Waals surface area contributed by atoms with E-state index in [9.17, 15) is 9.59 Å². The second-order valence-electron chi connectivity index (χ2n) is 3.65. The van der Waals surface area contributed by atoms with Crippen LogP contribution >= 0.6 is 0 Å².